The summed E-state index contributed by atoms with van der Waals surface area (Å²) in [5.74, 6) is 0.921. The van der Waals surface area contributed by atoms with E-state index in [9.17, 15) is 4.79 Å². The Morgan fingerprint density at radius 1 is 0.882 bits per heavy atom. The van der Waals surface area contributed by atoms with Crippen molar-refractivity contribution in [3.63, 3.8) is 0 Å². The van der Waals surface area contributed by atoms with Gasteiger partial charge in [0.1, 0.15) is 5.75 Å². The normalized spacial score (nSPS) is 13.9. The molecule has 5 heteroatoms. The van der Waals surface area contributed by atoms with Gasteiger partial charge < -0.3 is 14.5 Å². The van der Waals surface area contributed by atoms with Gasteiger partial charge in [0.2, 0.25) is 0 Å². The smallest absolute Gasteiger partial charge is 0.254 e. The summed E-state index contributed by atoms with van der Waals surface area (Å²) in [6.45, 7) is 7.03. The monoisotopic (exact) mass is 451 g/mol. The van der Waals surface area contributed by atoms with Crippen molar-refractivity contribution < 1.29 is 9.53 Å². The quantitative estimate of drug-likeness (QED) is 0.412. The van der Waals surface area contributed by atoms with E-state index >= 15 is 0 Å². The number of pyridine rings is 1. The summed E-state index contributed by atoms with van der Waals surface area (Å²) in [4.78, 5) is 22.9. The van der Waals surface area contributed by atoms with Crippen molar-refractivity contribution in [2.24, 2.45) is 0 Å². The fourth-order valence-corrected chi connectivity index (χ4v) is 4.80. The highest BCUT2D eigenvalue weighted by atomic mass is 16.5. The molecule has 0 radical (unpaired) electrons. The molecular weight excluding hydrogens is 422 g/mol. The van der Waals surface area contributed by atoms with Gasteiger partial charge in [-0.25, -0.2) is 4.98 Å². The fourth-order valence-electron chi connectivity index (χ4n) is 4.80. The Kier molecular flexibility index (Phi) is 5.93. The largest absolute Gasteiger partial charge is 0.495 e. The first-order valence-electron chi connectivity index (χ1n) is 11.7. The van der Waals surface area contributed by atoms with Crippen molar-refractivity contribution in [1.29, 1.82) is 0 Å². The molecule has 0 unspecified atom stereocenters. The summed E-state index contributed by atoms with van der Waals surface area (Å²) in [5, 5.41) is 0.896. The van der Waals surface area contributed by atoms with Crippen LogP contribution in [0.1, 0.15) is 21.5 Å². The lowest BCUT2D eigenvalue weighted by molar-refractivity contribution is 0.0748. The van der Waals surface area contributed by atoms with Gasteiger partial charge in [-0.2, -0.15) is 0 Å². The van der Waals surface area contributed by atoms with Crippen LogP contribution in [-0.4, -0.2) is 49.1 Å². The van der Waals surface area contributed by atoms with Crippen molar-refractivity contribution in [3.8, 4) is 17.0 Å². The zero-order valence-electron chi connectivity index (χ0n) is 19.9. The van der Waals surface area contributed by atoms with Crippen LogP contribution in [0.15, 0.2) is 72.8 Å². The van der Waals surface area contributed by atoms with E-state index in [4.69, 9.17) is 9.72 Å². The maximum absolute atomic E-state index is 13.8. The molecule has 1 aromatic heterocycles. The number of methoxy groups -OCH3 is 1. The topological polar surface area (TPSA) is 45.7 Å². The Labute approximate surface area is 200 Å². The number of nitrogens with zero attached hydrogens (tertiary/aromatic N) is 3. The number of rotatable bonds is 4. The maximum Gasteiger partial charge on any atom is 0.254 e. The van der Waals surface area contributed by atoms with Crippen LogP contribution in [0.25, 0.3) is 22.2 Å². The Morgan fingerprint density at radius 3 is 2.38 bits per heavy atom. The van der Waals surface area contributed by atoms with Crippen molar-refractivity contribution >= 4 is 22.5 Å². The predicted octanol–water partition coefficient (Wildman–Crippen LogP) is 5.49. The molecule has 1 amide bonds. The van der Waals surface area contributed by atoms with Gasteiger partial charge >= 0.3 is 0 Å². The van der Waals surface area contributed by atoms with Crippen molar-refractivity contribution in [3.05, 3.63) is 89.5 Å². The summed E-state index contributed by atoms with van der Waals surface area (Å²) in [5.41, 5.74) is 6.90. The standard InChI is InChI=1S/C29H29N3O2/c1-20-12-13-22(21(2)18-20)26-19-24(23-8-4-5-9-25(23)30-26)29(33)32-16-14-31(15-17-32)27-10-6-7-11-28(27)34-3/h4-13,18-19H,14-17H2,1-3H3. The molecule has 172 valence electrons. The third kappa shape index (κ3) is 4.10. The highest BCUT2D eigenvalue weighted by Gasteiger charge is 2.25. The Morgan fingerprint density at radius 2 is 1.62 bits per heavy atom. The number of fused-ring (bicyclic) bond motifs is 1. The molecule has 0 spiro atoms. The average molecular weight is 452 g/mol. The van der Waals surface area contributed by atoms with E-state index in [1.165, 1.54) is 5.56 Å². The molecule has 3 aromatic carbocycles. The zero-order chi connectivity index (χ0) is 23.7. The average Bonchev–Trinajstić information content (AvgIpc) is 2.87. The zero-order valence-corrected chi connectivity index (χ0v) is 19.9. The number of carbonyl (C=O) groups excluding carboxylic acids is 1. The van der Waals surface area contributed by atoms with Crippen LogP contribution in [0, 0.1) is 13.8 Å². The first-order chi connectivity index (χ1) is 16.5. The van der Waals surface area contributed by atoms with Crippen LogP contribution >= 0.6 is 0 Å². The second kappa shape index (κ2) is 9.18. The van der Waals surface area contributed by atoms with Crippen molar-refractivity contribution in [2.75, 3.05) is 38.2 Å². The third-order valence-electron chi connectivity index (χ3n) is 6.60. The van der Waals surface area contributed by atoms with E-state index in [-0.39, 0.29) is 5.91 Å². The van der Waals surface area contributed by atoms with Crippen LogP contribution in [0.2, 0.25) is 0 Å². The highest BCUT2D eigenvalue weighted by molar-refractivity contribution is 6.07. The Balaban J connectivity index is 1.45. The molecule has 1 fully saturated rings. The number of aryl methyl sites for hydroxylation is 2. The van der Waals surface area contributed by atoms with Gasteiger partial charge in [-0.05, 0) is 43.7 Å². The third-order valence-corrected chi connectivity index (χ3v) is 6.60. The summed E-state index contributed by atoms with van der Waals surface area (Å²) in [7, 11) is 1.69. The predicted molar refractivity (Wildman–Crippen MR) is 138 cm³/mol. The molecule has 34 heavy (non-hydrogen) atoms. The van der Waals surface area contributed by atoms with Gasteiger partial charge in [0.25, 0.3) is 5.91 Å². The number of benzene rings is 3. The van der Waals surface area contributed by atoms with Gasteiger partial charge in [-0.1, -0.05) is 54.1 Å². The number of piperazine rings is 1. The van der Waals surface area contributed by atoms with E-state index in [1.54, 1.807) is 7.11 Å². The van der Waals surface area contributed by atoms with E-state index in [2.05, 4.69) is 43.0 Å². The van der Waals surface area contributed by atoms with Crippen LogP contribution in [0.4, 0.5) is 5.69 Å². The van der Waals surface area contributed by atoms with E-state index in [0.717, 1.165) is 52.3 Å². The first kappa shape index (κ1) is 22.0. The van der Waals surface area contributed by atoms with Gasteiger partial charge in [0.05, 0.1) is 29.6 Å². The maximum atomic E-state index is 13.8. The summed E-state index contributed by atoms with van der Waals surface area (Å²) < 4.78 is 5.53. The van der Waals surface area contributed by atoms with Gasteiger partial charge in [0, 0.05) is 37.1 Å². The fraction of sp³-hybridized carbons (Fsp3) is 0.241. The van der Waals surface area contributed by atoms with Crippen LogP contribution in [0.3, 0.4) is 0 Å². The Hall–Kier alpha value is -3.86. The number of hydrogen-bond donors (Lipinski definition) is 0. The first-order valence-corrected chi connectivity index (χ1v) is 11.7. The van der Waals surface area contributed by atoms with Crippen LogP contribution in [-0.2, 0) is 0 Å². The number of ether oxygens (including phenoxy) is 1. The van der Waals surface area contributed by atoms with Crippen LogP contribution in [0.5, 0.6) is 5.75 Å². The molecule has 0 saturated carbocycles. The van der Waals surface area contributed by atoms with Gasteiger partial charge in [-0.15, -0.1) is 0 Å². The summed E-state index contributed by atoms with van der Waals surface area (Å²) in [6.07, 6.45) is 0. The molecule has 1 aliphatic rings. The van der Waals surface area contributed by atoms with Crippen LogP contribution < -0.4 is 9.64 Å². The minimum Gasteiger partial charge on any atom is -0.495 e. The molecule has 1 saturated heterocycles. The lowest BCUT2D eigenvalue weighted by Crippen LogP contribution is -2.49. The lowest BCUT2D eigenvalue weighted by atomic mass is 9.99. The van der Waals surface area contributed by atoms with Gasteiger partial charge in [-0.3, -0.25) is 4.79 Å². The molecule has 0 atom stereocenters. The minimum atomic E-state index is 0.0595. The second-order valence-corrected chi connectivity index (χ2v) is 8.84. The molecule has 0 N–H and O–H groups in total. The molecule has 4 aromatic rings. The molecular formula is C29H29N3O2. The second-order valence-electron chi connectivity index (χ2n) is 8.84. The Bertz CT molecular complexity index is 1360. The van der Waals surface area contributed by atoms with E-state index in [1.807, 2.05) is 53.4 Å². The molecule has 5 nitrogen and oxygen atoms in total. The summed E-state index contributed by atoms with van der Waals surface area (Å²) >= 11 is 0. The van der Waals surface area contributed by atoms with E-state index < -0.39 is 0 Å². The molecule has 0 aliphatic carbocycles. The molecule has 5 rings (SSSR count). The number of hydrogen-bond acceptors (Lipinski definition) is 4. The van der Waals surface area contributed by atoms with Crippen molar-refractivity contribution in [2.45, 2.75) is 13.8 Å². The highest BCUT2D eigenvalue weighted by Crippen LogP contribution is 2.30. The molecule has 0 bridgehead atoms. The molecule has 2 heterocycles. The number of amides is 1. The summed E-state index contributed by atoms with van der Waals surface area (Å²) in [6, 6.07) is 24.3. The SMILES string of the molecule is COc1ccccc1N1CCN(C(=O)c2cc(-c3ccc(C)cc3C)nc3ccccc23)CC1. The number of aromatic nitrogens is 1. The van der Waals surface area contributed by atoms with E-state index in [0.29, 0.717) is 18.7 Å². The minimum absolute atomic E-state index is 0.0595. The molecule has 1 aliphatic heterocycles. The number of anilines is 1. The van der Waals surface area contributed by atoms with Crippen molar-refractivity contribution in [1.82, 2.24) is 9.88 Å². The number of carbonyl (C=O) groups is 1. The lowest BCUT2D eigenvalue weighted by Gasteiger charge is -2.36. The van der Waals surface area contributed by atoms with Gasteiger partial charge in [0.15, 0.2) is 0 Å². The number of para-hydroxylation sites is 3.